The second-order valence-corrected chi connectivity index (χ2v) is 5.11. The van der Waals surface area contributed by atoms with Crippen LogP contribution in [0.1, 0.15) is 46.5 Å². The number of nitrogens with zero attached hydrogens (tertiary/aromatic N) is 1. The van der Waals surface area contributed by atoms with Gasteiger partial charge >= 0.3 is 0 Å². The van der Waals surface area contributed by atoms with Gasteiger partial charge in [-0.2, -0.15) is 0 Å². The lowest BCUT2D eigenvalue weighted by Gasteiger charge is -2.21. The predicted octanol–water partition coefficient (Wildman–Crippen LogP) is 2.02. The van der Waals surface area contributed by atoms with E-state index < -0.39 is 0 Å². The Balaban J connectivity index is 2.22. The molecule has 0 bridgehead atoms. The van der Waals surface area contributed by atoms with Gasteiger partial charge in [-0.05, 0) is 38.8 Å². The van der Waals surface area contributed by atoms with Crippen molar-refractivity contribution in [1.82, 2.24) is 10.2 Å². The lowest BCUT2D eigenvalue weighted by molar-refractivity contribution is -0.124. The van der Waals surface area contributed by atoms with E-state index in [2.05, 4.69) is 17.1 Å². The van der Waals surface area contributed by atoms with E-state index in [0.717, 1.165) is 19.4 Å². The molecule has 1 amide bonds. The van der Waals surface area contributed by atoms with E-state index >= 15 is 0 Å². The molecule has 0 saturated carbocycles. The third-order valence-corrected chi connectivity index (χ3v) is 3.36. The van der Waals surface area contributed by atoms with Crippen LogP contribution in [-0.2, 0) is 4.79 Å². The Labute approximate surface area is 99.6 Å². The standard InChI is InChI=1S/C13H26N2O/c1-4-12(14-13(16)11(2)3)7-10-15-8-5-6-9-15/h11-12H,4-10H2,1-3H3,(H,14,16)/t12-/m0/s1. The highest BCUT2D eigenvalue weighted by molar-refractivity contribution is 5.78. The Hall–Kier alpha value is -0.570. The quantitative estimate of drug-likeness (QED) is 0.751. The molecule has 1 saturated heterocycles. The highest BCUT2D eigenvalue weighted by Gasteiger charge is 2.16. The second-order valence-electron chi connectivity index (χ2n) is 5.11. The number of hydrogen-bond acceptors (Lipinski definition) is 2. The Morgan fingerprint density at radius 1 is 1.31 bits per heavy atom. The SMILES string of the molecule is CC[C@@H](CCN1CCCC1)NC(=O)C(C)C. The van der Waals surface area contributed by atoms with Gasteiger partial charge in [0.15, 0.2) is 0 Å². The second kappa shape index (κ2) is 6.89. The van der Waals surface area contributed by atoms with E-state index in [0.29, 0.717) is 6.04 Å². The van der Waals surface area contributed by atoms with Crippen molar-refractivity contribution in [3.63, 3.8) is 0 Å². The molecule has 3 nitrogen and oxygen atoms in total. The van der Waals surface area contributed by atoms with Crippen LogP contribution in [0.5, 0.6) is 0 Å². The topological polar surface area (TPSA) is 32.3 Å². The maximum atomic E-state index is 11.6. The number of nitrogens with one attached hydrogen (secondary N) is 1. The molecular weight excluding hydrogens is 200 g/mol. The molecule has 0 spiro atoms. The molecule has 94 valence electrons. The van der Waals surface area contributed by atoms with Crippen molar-refractivity contribution in [2.24, 2.45) is 5.92 Å². The lowest BCUT2D eigenvalue weighted by atomic mass is 10.1. The molecule has 3 heteroatoms. The number of rotatable bonds is 6. The summed E-state index contributed by atoms with van der Waals surface area (Å²) in [4.78, 5) is 14.1. The van der Waals surface area contributed by atoms with Crippen LogP contribution in [0, 0.1) is 5.92 Å². The zero-order chi connectivity index (χ0) is 12.0. The fraction of sp³-hybridized carbons (Fsp3) is 0.923. The summed E-state index contributed by atoms with van der Waals surface area (Å²) in [7, 11) is 0. The monoisotopic (exact) mass is 226 g/mol. The fourth-order valence-electron chi connectivity index (χ4n) is 2.09. The maximum absolute atomic E-state index is 11.6. The van der Waals surface area contributed by atoms with Crippen molar-refractivity contribution in [3.8, 4) is 0 Å². The average Bonchev–Trinajstić information content (AvgIpc) is 2.76. The van der Waals surface area contributed by atoms with Crippen LogP contribution in [0.15, 0.2) is 0 Å². The molecule has 0 aromatic heterocycles. The zero-order valence-electron chi connectivity index (χ0n) is 11.0. The van der Waals surface area contributed by atoms with E-state index in [1.807, 2.05) is 13.8 Å². The molecule has 1 aliphatic heterocycles. The fourth-order valence-corrected chi connectivity index (χ4v) is 2.09. The van der Waals surface area contributed by atoms with Crippen LogP contribution in [0.25, 0.3) is 0 Å². The molecule has 1 atom stereocenters. The largest absolute Gasteiger partial charge is 0.353 e. The van der Waals surface area contributed by atoms with Crippen molar-refractivity contribution in [1.29, 1.82) is 0 Å². The molecule has 0 aliphatic carbocycles. The first-order valence-corrected chi connectivity index (χ1v) is 6.66. The molecular formula is C13H26N2O. The molecule has 1 N–H and O–H groups in total. The summed E-state index contributed by atoms with van der Waals surface area (Å²) in [6.07, 6.45) is 4.81. The number of carbonyl (C=O) groups excluding carboxylic acids is 1. The molecule has 1 fully saturated rings. The van der Waals surface area contributed by atoms with Gasteiger partial charge in [0.2, 0.25) is 5.91 Å². The van der Waals surface area contributed by atoms with E-state index in [1.54, 1.807) is 0 Å². The molecule has 0 aromatic rings. The first-order valence-electron chi connectivity index (χ1n) is 6.66. The number of carbonyl (C=O) groups is 1. The third kappa shape index (κ3) is 4.52. The van der Waals surface area contributed by atoms with Crippen LogP contribution in [0.4, 0.5) is 0 Å². The summed E-state index contributed by atoms with van der Waals surface area (Å²) in [5.41, 5.74) is 0. The molecule has 1 aliphatic rings. The summed E-state index contributed by atoms with van der Waals surface area (Å²) >= 11 is 0. The van der Waals surface area contributed by atoms with Gasteiger partial charge in [-0.3, -0.25) is 4.79 Å². The number of likely N-dealkylation sites (tertiary alicyclic amines) is 1. The lowest BCUT2D eigenvalue weighted by Crippen LogP contribution is -2.39. The Morgan fingerprint density at radius 3 is 2.44 bits per heavy atom. The van der Waals surface area contributed by atoms with Crippen molar-refractivity contribution in [2.75, 3.05) is 19.6 Å². The van der Waals surface area contributed by atoms with Gasteiger partial charge in [-0.25, -0.2) is 0 Å². The zero-order valence-corrected chi connectivity index (χ0v) is 11.0. The van der Waals surface area contributed by atoms with Gasteiger partial charge < -0.3 is 10.2 Å². The Kier molecular flexibility index (Phi) is 5.81. The Bertz CT molecular complexity index is 210. The summed E-state index contributed by atoms with van der Waals surface area (Å²) < 4.78 is 0. The number of amides is 1. The van der Waals surface area contributed by atoms with Gasteiger partial charge in [0.25, 0.3) is 0 Å². The minimum atomic E-state index is 0.0980. The minimum absolute atomic E-state index is 0.0980. The number of hydrogen-bond donors (Lipinski definition) is 1. The van der Waals surface area contributed by atoms with Crippen molar-refractivity contribution in [2.45, 2.75) is 52.5 Å². The molecule has 0 radical (unpaired) electrons. The molecule has 0 aromatic carbocycles. The van der Waals surface area contributed by atoms with Gasteiger partial charge in [0, 0.05) is 18.5 Å². The van der Waals surface area contributed by atoms with Gasteiger partial charge in [-0.1, -0.05) is 20.8 Å². The summed E-state index contributed by atoms with van der Waals surface area (Å²) in [6, 6.07) is 0.357. The van der Waals surface area contributed by atoms with E-state index in [1.165, 1.54) is 25.9 Å². The van der Waals surface area contributed by atoms with Gasteiger partial charge in [0.1, 0.15) is 0 Å². The van der Waals surface area contributed by atoms with Crippen LogP contribution < -0.4 is 5.32 Å². The summed E-state index contributed by atoms with van der Waals surface area (Å²) in [6.45, 7) is 9.67. The van der Waals surface area contributed by atoms with E-state index in [-0.39, 0.29) is 11.8 Å². The first-order chi connectivity index (χ1) is 7.63. The normalized spacial score (nSPS) is 19.0. The molecule has 1 heterocycles. The van der Waals surface area contributed by atoms with Crippen LogP contribution in [0.2, 0.25) is 0 Å². The average molecular weight is 226 g/mol. The highest BCUT2D eigenvalue weighted by atomic mass is 16.1. The van der Waals surface area contributed by atoms with Crippen LogP contribution in [-0.4, -0.2) is 36.5 Å². The third-order valence-electron chi connectivity index (χ3n) is 3.36. The molecule has 16 heavy (non-hydrogen) atoms. The van der Waals surface area contributed by atoms with Crippen molar-refractivity contribution < 1.29 is 4.79 Å². The Morgan fingerprint density at radius 2 is 1.94 bits per heavy atom. The smallest absolute Gasteiger partial charge is 0.222 e. The van der Waals surface area contributed by atoms with E-state index in [9.17, 15) is 4.79 Å². The van der Waals surface area contributed by atoms with Gasteiger partial charge in [0.05, 0.1) is 0 Å². The first kappa shape index (κ1) is 13.5. The molecule has 0 unspecified atom stereocenters. The van der Waals surface area contributed by atoms with Gasteiger partial charge in [-0.15, -0.1) is 0 Å². The van der Waals surface area contributed by atoms with Crippen molar-refractivity contribution >= 4 is 5.91 Å². The molecule has 1 rings (SSSR count). The highest BCUT2D eigenvalue weighted by Crippen LogP contribution is 2.09. The van der Waals surface area contributed by atoms with Crippen molar-refractivity contribution in [3.05, 3.63) is 0 Å². The maximum Gasteiger partial charge on any atom is 0.222 e. The summed E-state index contributed by atoms with van der Waals surface area (Å²) in [5.74, 6) is 0.286. The summed E-state index contributed by atoms with van der Waals surface area (Å²) in [5, 5.41) is 3.12. The van der Waals surface area contributed by atoms with Crippen LogP contribution >= 0.6 is 0 Å². The van der Waals surface area contributed by atoms with E-state index in [4.69, 9.17) is 0 Å². The predicted molar refractivity (Wildman–Crippen MR) is 67.4 cm³/mol. The van der Waals surface area contributed by atoms with Crippen LogP contribution in [0.3, 0.4) is 0 Å². The minimum Gasteiger partial charge on any atom is -0.353 e.